The monoisotopic (exact) mass is 402 g/mol. The van der Waals surface area contributed by atoms with Crippen LogP contribution < -0.4 is 16.6 Å². The molecule has 0 bridgehead atoms. The summed E-state index contributed by atoms with van der Waals surface area (Å²) in [6, 6.07) is 8.77. The van der Waals surface area contributed by atoms with Crippen LogP contribution in [-0.2, 0) is 11.3 Å². The Hall–Kier alpha value is -2.65. The Morgan fingerprint density at radius 2 is 2.04 bits per heavy atom. The first kappa shape index (κ1) is 19.1. The molecule has 0 unspecified atom stereocenters. The maximum absolute atomic E-state index is 13.1. The van der Waals surface area contributed by atoms with E-state index in [4.69, 9.17) is 5.73 Å². The number of aromatic nitrogens is 2. The number of carbonyl (C=O) groups is 2. The molecule has 0 fully saturated rings. The molecule has 3 N–H and O–H groups in total. The highest BCUT2D eigenvalue weighted by Gasteiger charge is 2.21. The number of thioether (sulfide) groups is 1. The van der Waals surface area contributed by atoms with Crippen LogP contribution >= 0.6 is 23.1 Å². The summed E-state index contributed by atoms with van der Waals surface area (Å²) in [5.41, 5.74) is 6.65. The lowest BCUT2D eigenvalue weighted by Crippen LogP contribution is -2.39. The van der Waals surface area contributed by atoms with E-state index in [1.165, 1.54) is 11.3 Å². The van der Waals surface area contributed by atoms with Crippen molar-refractivity contribution in [1.82, 2.24) is 14.9 Å². The number of carbonyl (C=O) groups excluding carboxylic acids is 2. The third-order valence-electron chi connectivity index (χ3n) is 3.96. The van der Waals surface area contributed by atoms with Crippen molar-refractivity contribution in [2.24, 2.45) is 5.73 Å². The van der Waals surface area contributed by atoms with Gasteiger partial charge in [0.15, 0.2) is 5.16 Å². The van der Waals surface area contributed by atoms with Gasteiger partial charge in [-0.2, -0.15) is 0 Å². The molecule has 0 saturated heterocycles. The average Bonchev–Trinajstić information content (AvgIpc) is 3.06. The fraction of sp³-hybridized carbons (Fsp3) is 0.222. The maximum Gasteiger partial charge on any atom is 0.318 e. The Labute approximate surface area is 163 Å². The van der Waals surface area contributed by atoms with Gasteiger partial charge in [0, 0.05) is 17.5 Å². The van der Waals surface area contributed by atoms with Gasteiger partial charge in [0.1, 0.15) is 4.83 Å². The topological polar surface area (TPSA) is 107 Å². The zero-order valence-electron chi connectivity index (χ0n) is 14.8. The molecular formula is C18H18N4O3S2. The van der Waals surface area contributed by atoms with Crippen LogP contribution in [0.1, 0.15) is 13.8 Å². The molecule has 7 nitrogen and oxygen atoms in total. The molecule has 3 rings (SSSR count). The first-order valence-electron chi connectivity index (χ1n) is 8.26. The van der Waals surface area contributed by atoms with Gasteiger partial charge in [-0.15, -0.1) is 11.3 Å². The number of imide groups is 1. The number of thiophene rings is 1. The van der Waals surface area contributed by atoms with E-state index in [9.17, 15) is 14.4 Å². The minimum absolute atomic E-state index is 0.146. The standard InChI is InChI=1S/C18H18N4O3S2/c1-3-22-16(24)13-12(11-7-5-4-6-8-11)9-26-15(13)21-18(22)27-10(2)14(23)20-17(19)25/h4-10H,3H2,1-2H3,(H3,19,20,23,25)/t10-/m1/s1. The third-order valence-corrected chi connectivity index (χ3v) is 5.92. The van der Waals surface area contributed by atoms with Crippen molar-refractivity contribution in [2.45, 2.75) is 30.8 Å². The van der Waals surface area contributed by atoms with Crippen molar-refractivity contribution >= 4 is 45.3 Å². The number of urea groups is 1. The van der Waals surface area contributed by atoms with E-state index < -0.39 is 17.2 Å². The Balaban J connectivity index is 2.05. The number of nitrogens with two attached hydrogens (primary N) is 1. The van der Waals surface area contributed by atoms with Gasteiger partial charge in [-0.1, -0.05) is 42.1 Å². The van der Waals surface area contributed by atoms with Crippen molar-refractivity contribution in [3.8, 4) is 11.1 Å². The van der Waals surface area contributed by atoms with Crippen molar-refractivity contribution in [2.75, 3.05) is 0 Å². The largest absolute Gasteiger partial charge is 0.351 e. The van der Waals surface area contributed by atoms with Crippen LogP contribution in [0.2, 0.25) is 0 Å². The molecule has 0 aliphatic carbocycles. The Kier molecular flexibility index (Phi) is 5.62. The molecule has 0 spiro atoms. The second-order valence-corrected chi connectivity index (χ2v) is 7.92. The second kappa shape index (κ2) is 7.93. The van der Waals surface area contributed by atoms with Crippen molar-refractivity contribution < 1.29 is 9.59 Å². The van der Waals surface area contributed by atoms with Crippen molar-refractivity contribution in [3.05, 3.63) is 46.1 Å². The second-order valence-electron chi connectivity index (χ2n) is 5.75. The zero-order chi connectivity index (χ0) is 19.6. The van der Waals surface area contributed by atoms with E-state index in [0.717, 1.165) is 22.9 Å². The van der Waals surface area contributed by atoms with Gasteiger partial charge in [0.25, 0.3) is 5.56 Å². The number of nitrogens with one attached hydrogen (secondary N) is 1. The van der Waals surface area contributed by atoms with Crippen molar-refractivity contribution in [3.63, 3.8) is 0 Å². The highest BCUT2D eigenvalue weighted by molar-refractivity contribution is 8.00. The molecule has 140 valence electrons. The highest BCUT2D eigenvalue weighted by Crippen LogP contribution is 2.32. The van der Waals surface area contributed by atoms with Crippen LogP contribution in [0.3, 0.4) is 0 Å². The SMILES string of the molecule is CCn1c(S[C@H](C)C(=O)NC(N)=O)nc2scc(-c3ccccc3)c2c1=O. The van der Waals surface area contributed by atoms with Crippen LogP contribution in [0.5, 0.6) is 0 Å². The molecule has 0 saturated carbocycles. The molecule has 9 heteroatoms. The summed E-state index contributed by atoms with van der Waals surface area (Å²) in [6.07, 6.45) is 0. The third kappa shape index (κ3) is 3.88. The number of hydrogen-bond acceptors (Lipinski definition) is 6. The molecule has 27 heavy (non-hydrogen) atoms. The summed E-state index contributed by atoms with van der Waals surface area (Å²) < 4.78 is 1.54. The number of amides is 3. The lowest BCUT2D eigenvalue weighted by Gasteiger charge is -2.14. The molecule has 2 aromatic heterocycles. The number of fused-ring (bicyclic) bond motifs is 1. The molecule has 0 aliphatic heterocycles. The number of primary amides is 1. The lowest BCUT2D eigenvalue weighted by atomic mass is 10.1. The van der Waals surface area contributed by atoms with E-state index in [-0.39, 0.29) is 5.56 Å². The first-order chi connectivity index (χ1) is 12.9. The van der Waals surface area contributed by atoms with Gasteiger partial charge in [-0.25, -0.2) is 9.78 Å². The summed E-state index contributed by atoms with van der Waals surface area (Å²) in [5, 5.41) is 4.35. The van der Waals surface area contributed by atoms with E-state index in [1.807, 2.05) is 48.0 Å². The Bertz CT molecular complexity index is 1060. The van der Waals surface area contributed by atoms with Crippen LogP contribution in [0.25, 0.3) is 21.3 Å². The average molecular weight is 403 g/mol. The first-order valence-corrected chi connectivity index (χ1v) is 10.0. The fourth-order valence-electron chi connectivity index (χ4n) is 2.64. The van der Waals surface area contributed by atoms with Gasteiger partial charge >= 0.3 is 6.03 Å². The summed E-state index contributed by atoms with van der Waals surface area (Å²) in [6.45, 7) is 3.89. The van der Waals surface area contributed by atoms with Gasteiger partial charge in [0.05, 0.1) is 10.6 Å². The maximum atomic E-state index is 13.1. The molecule has 3 aromatic rings. The van der Waals surface area contributed by atoms with Gasteiger partial charge in [-0.05, 0) is 19.4 Å². The summed E-state index contributed by atoms with van der Waals surface area (Å²) in [4.78, 5) is 41.1. The molecule has 0 aliphatic rings. The van der Waals surface area contributed by atoms with Crippen LogP contribution in [0.4, 0.5) is 4.79 Å². The summed E-state index contributed by atoms with van der Waals surface area (Å²) in [5.74, 6) is -0.527. The van der Waals surface area contributed by atoms with Crippen molar-refractivity contribution in [1.29, 1.82) is 0 Å². The number of rotatable bonds is 5. The summed E-state index contributed by atoms with van der Waals surface area (Å²) >= 11 is 2.51. The fourth-order valence-corrected chi connectivity index (χ4v) is 4.60. The molecule has 0 radical (unpaired) electrons. The van der Waals surface area contributed by atoms with Crippen LogP contribution in [0.15, 0.2) is 45.7 Å². The molecular weight excluding hydrogens is 384 g/mol. The van der Waals surface area contributed by atoms with E-state index in [0.29, 0.717) is 21.9 Å². The minimum Gasteiger partial charge on any atom is -0.351 e. The van der Waals surface area contributed by atoms with E-state index >= 15 is 0 Å². The smallest absolute Gasteiger partial charge is 0.318 e. The van der Waals surface area contributed by atoms with E-state index in [1.54, 1.807) is 11.5 Å². The number of hydrogen-bond donors (Lipinski definition) is 2. The zero-order valence-corrected chi connectivity index (χ0v) is 16.4. The molecule has 3 amide bonds. The summed E-state index contributed by atoms with van der Waals surface area (Å²) in [7, 11) is 0. The van der Waals surface area contributed by atoms with E-state index in [2.05, 4.69) is 4.98 Å². The minimum atomic E-state index is -0.908. The molecule has 1 aromatic carbocycles. The van der Waals surface area contributed by atoms with Gasteiger partial charge in [-0.3, -0.25) is 19.5 Å². The predicted molar refractivity (Wildman–Crippen MR) is 108 cm³/mol. The van der Waals surface area contributed by atoms with Gasteiger partial charge in [0.2, 0.25) is 5.91 Å². The normalized spacial score (nSPS) is 12.1. The van der Waals surface area contributed by atoms with Crippen LogP contribution in [0, 0.1) is 0 Å². The van der Waals surface area contributed by atoms with Gasteiger partial charge < -0.3 is 5.73 Å². The number of nitrogens with zero attached hydrogens (tertiary/aromatic N) is 2. The van der Waals surface area contributed by atoms with Crippen LogP contribution in [-0.4, -0.2) is 26.7 Å². The Morgan fingerprint density at radius 3 is 2.67 bits per heavy atom. The quantitative estimate of drug-likeness (QED) is 0.504. The molecule has 1 atom stereocenters. The number of benzene rings is 1. The Morgan fingerprint density at radius 1 is 1.33 bits per heavy atom. The highest BCUT2D eigenvalue weighted by atomic mass is 32.2. The lowest BCUT2D eigenvalue weighted by molar-refractivity contribution is -0.119. The predicted octanol–water partition coefficient (Wildman–Crippen LogP) is 2.82. The molecule has 2 heterocycles.